The summed E-state index contributed by atoms with van der Waals surface area (Å²) in [5.41, 5.74) is 4.33. The zero-order valence-corrected chi connectivity index (χ0v) is 18.1. The zero-order chi connectivity index (χ0) is 24.1. The van der Waals surface area contributed by atoms with Crippen LogP contribution in [0.2, 0.25) is 0 Å². The van der Waals surface area contributed by atoms with Crippen LogP contribution < -0.4 is 10.6 Å². The number of hydrogen-bond acceptors (Lipinski definition) is 6. The number of hydrogen-bond donors (Lipinski definition) is 4. The van der Waals surface area contributed by atoms with Crippen LogP contribution in [0.5, 0.6) is 0 Å². The molecule has 1 aliphatic rings. The molecular weight excluding hydrogens is 438 g/mol. The lowest BCUT2D eigenvalue weighted by Gasteiger charge is -2.15. The van der Waals surface area contributed by atoms with Crippen LogP contribution in [0, 0.1) is 0 Å². The van der Waals surface area contributed by atoms with Gasteiger partial charge in [0.2, 0.25) is 0 Å². The molecule has 174 valence electrons. The number of ether oxygens (including phenoxy) is 1. The number of aliphatic hydroxyl groups excluding tert-OH is 1. The maximum Gasteiger partial charge on any atom is 0.412 e. The van der Waals surface area contributed by atoms with E-state index < -0.39 is 30.6 Å². The minimum absolute atomic E-state index is 0.0823. The van der Waals surface area contributed by atoms with Crippen LogP contribution in [0.4, 0.5) is 10.6 Å². The second-order valence-electron chi connectivity index (χ2n) is 7.74. The third kappa shape index (κ3) is 4.89. The summed E-state index contributed by atoms with van der Waals surface area (Å²) in [4.78, 5) is 40.0. The Balaban J connectivity index is 1.40. The Kier molecular flexibility index (Phi) is 6.84. The van der Waals surface area contributed by atoms with Crippen LogP contribution in [0.15, 0.2) is 66.7 Å². The van der Waals surface area contributed by atoms with Crippen molar-refractivity contribution in [3.8, 4) is 11.1 Å². The van der Waals surface area contributed by atoms with Crippen molar-refractivity contribution in [3.05, 3.63) is 83.6 Å². The first-order chi connectivity index (χ1) is 16.5. The number of nitrogens with one attached hydrogen (secondary N) is 2. The number of fused-ring (bicyclic) bond motifs is 3. The van der Waals surface area contributed by atoms with Gasteiger partial charge in [0.15, 0.2) is 0 Å². The van der Waals surface area contributed by atoms with Gasteiger partial charge in [-0.3, -0.25) is 10.1 Å². The Morgan fingerprint density at radius 1 is 0.941 bits per heavy atom. The molecule has 1 atom stereocenters. The van der Waals surface area contributed by atoms with E-state index in [2.05, 4.69) is 15.6 Å². The molecule has 9 heteroatoms. The predicted molar refractivity (Wildman–Crippen MR) is 124 cm³/mol. The van der Waals surface area contributed by atoms with Crippen LogP contribution >= 0.6 is 0 Å². The Bertz CT molecular complexity index is 1180. The van der Waals surface area contributed by atoms with Crippen LogP contribution in [-0.4, -0.2) is 52.4 Å². The quantitative estimate of drug-likeness (QED) is 0.405. The van der Waals surface area contributed by atoms with E-state index in [1.165, 1.54) is 18.2 Å². The van der Waals surface area contributed by atoms with Crippen molar-refractivity contribution < 1.29 is 29.3 Å². The SMILES string of the molecule is O=C(Nc1cccc(C(=O)N[C@@H](CCO)C(=O)O)n1)OCC1c2ccccc2-c2ccccc21. The first kappa shape index (κ1) is 22.9. The Morgan fingerprint density at radius 3 is 2.21 bits per heavy atom. The van der Waals surface area contributed by atoms with Crippen LogP contribution in [0.25, 0.3) is 11.1 Å². The van der Waals surface area contributed by atoms with E-state index in [1.807, 2.05) is 48.5 Å². The molecule has 34 heavy (non-hydrogen) atoms. The number of rotatable bonds is 8. The molecule has 4 N–H and O–H groups in total. The van der Waals surface area contributed by atoms with E-state index in [9.17, 15) is 14.4 Å². The van der Waals surface area contributed by atoms with E-state index in [0.717, 1.165) is 22.3 Å². The topological polar surface area (TPSA) is 138 Å². The van der Waals surface area contributed by atoms with Crippen LogP contribution in [0.1, 0.15) is 34.0 Å². The van der Waals surface area contributed by atoms with Gasteiger partial charge in [0.05, 0.1) is 0 Å². The number of nitrogens with zero attached hydrogens (tertiary/aromatic N) is 1. The average molecular weight is 461 g/mol. The largest absolute Gasteiger partial charge is 0.480 e. The van der Waals surface area contributed by atoms with Gasteiger partial charge in [0, 0.05) is 18.9 Å². The number of carboxylic acid groups (broad SMARTS) is 1. The number of carbonyl (C=O) groups excluding carboxylic acids is 2. The molecule has 9 nitrogen and oxygen atoms in total. The standard InChI is InChI=1S/C25H23N3O6/c29-13-12-21(24(31)32)27-23(30)20-10-5-11-22(26-20)28-25(33)34-14-19-17-8-3-1-6-15(17)16-7-2-4-9-18(16)19/h1-11,19,21,29H,12-14H2,(H,27,30)(H,31,32)(H,26,28,33)/t21-/m0/s1. The highest BCUT2D eigenvalue weighted by molar-refractivity contribution is 5.95. The van der Waals surface area contributed by atoms with Gasteiger partial charge in [-0.25, -0.2) is 14.6 Å². The molecular formula is C25H23N3O6. The second kappa shape index (κ2) is 10.1. The summed E-state index contributed by atoms with van der Waals surface area (Å²) in [5, 5.41) is 22.9. The molecule has 2 aromatic carbocycles. The van der Waals surface area contributed by atoms with Crippen molar-refractivity contribution >= 4 is 23.8 Å². The highest BCUT2D eigenvalue weighted by Gasteiger charge is 2.29. The van der Waals surface area contributed by atoms with E-state index in [4.69, 9.17) is 14.9 Å². The number of aliphatic carboxylic acids is 1. The lowest BCUT2D eigenvalue weighted by Crippen LogP contribution is -2.41. The van der Waals surface area contributed by atoms with Gasteiger partial charge in [-0.1, -0.05) is 54.6 Å². The molecule has 1 aliphatic carbocycles. The lowest BCUT2D eigenvalue weighted by molar-refractivity contribution is -0.139. The molecule has 0 saturated heterocycles. The molecule has 0 bridgehead atoms. The van der Waals surface area contributed by atoms with Gasteiger partial charge < -0.3 is 20.3 Å². The summed E-state index contributed by atoms with van der Waals surface area (Å²) in [6.07, 6.45) is -0.866. The predicted octanol–water partition coefficient (Wildman–Crippen LogP) is 3.01. The maximum atomic E-state index is 12.4. The van der Waals surface area contributed by atoms with Gasteiger partial charge in [0.1, 0.15) is 24.2 Å². The fraction of sp³-hybridized carbons (Fsp3) is 0.200. The summed E-state index contributed by atoms with van der Waals surface area (Å²) in [7, 11) is 0. The van der Waals surface area contributed by atoms with Crippen molar-refractivity contribution in [1.82, 2.24) is 10.3 Å². The number of carbonyl (C=O) groups is 3. The van der Waals surface area contributed by atoms with E-state index in [-0.39, 0.29) is 30.5 Å². The van der Waals surface area contributed by atoms with Crippen LogP contribution in [0.3, 0.4) is 0 Å². The van der Waals surface area contributed by atoms with Gasteiger partial charge in [-0.05, 0) is 34.4 Å². The number of carboxylic acids is 1. The first-order valence-corrected chi connectivity index (χ1v) is 10.7. The molecule has 0 fully saturated rings. The van der Waals surface area contributed by atoms with E-state index >= 15 is 0 Å². The maximum absolute atomic E-state index is 12.4. The molecule has 1 heterocycles. The molecule has 4 rings (SSSR count). The van der Waals surface area contributed by atoms with Gasteiger partial charge in [-0.2, -0.15) is 0 Å². The second-order valence-corrected chi connectivity index (χ2v) is 7.74. The van der Waals surface area contributed by atoms with E-state index in [1.54, 1.807) is 0 Å². The number of pyridine rings is 1. The fourth-order valence-corrected chi connectivity index (χ4v) is 3.99. The normalized spacial score (nSPS) is 12.9. The molecule has 0 aliphatic heterocycles. The summed E-state index contributed by atoms with van der Waals surface area (Å²) in [5.74, 6) is -2.02. The first-order valence-electron chi connectivity index (χ1n) is 10.7. The highest BCUT2D eigenvalue weighted by Crippen LogP contribution is 2.44. The van der Waals surface area contributed by atoms with Crippen molar-refractivity contribution in [2.24, 2.45) is 0 Å². The highest BCUT2D eigenvalue weighted by atomic mass is 16.5. The van der Waals surface area contributed by atoms with Crippen molar-refractivity contribution in [2.75, 3.05) is 18.5 Å². The molecule has 0 spiro atoms. The third-order valence-electron chi connectivity index (χ3n) is 5.58. The van der Waals surface area contributed by atoms with Crippen molar-refractivity contribution in [3.63, 3.8) is 0 Å². The summed E-state index contributed by atoms with van der Waals surface area (Å²) in [6, 6.07) is 19.1. The molecule has 3 aromatic rings. The molecule has 0 saturated carbocycles. The third-order valence-corrected chi connectivity index (χ3v) is 5.58. The molecule has 0 unspecified atom stereocenters. The monoisotopic (exact) mass is 461 g/mol. The fourth-order valence-electron chi connectivity index (χ4n) is 3.99. The van der Waals surface area contributed by atoms with E-state index in [0.29, 0.717) is 0 Å². The van der Waals surface area contributed by atoms with Gasteiger partial charge >= 0.3 is 12.1 Å². The number of aliphatic hydroxyl groups is 1. The van der Waals surface area contributed by atoms with Gasteiger partial charge in [-0.15, -0.1) is 0 Å². The molecule has 1 aromatic heterocycles. The average Bonchev–Trinajstić information content (AvgIpc) is 3.16. The van der Waals surface area contributed by atoms with Crippen molar-refractivity contribution in [1.29, 1.82) is 0 Å². The van der Waals surface area contributed by atoms with Crippen LogP contribution in [-0.2, 0) is 9.53 Å². The molecule has 0 radical (unpaired) electrons. The summed E-state index contributed by atoms with van der Waals surface area (Å²) in [6.45, 7) is -0.268. The Morgan fingerprint density at radius 2 is 1.59 bits per heavy atom. The lowest BCUT2D eigenvalue weighted by atomic mass is 9.98. The summed E-state index contributed by atoms with van der Waals surface area (Å²) >= 11 is 0. The van der Waals surface area contributed by atoms with Crippen molar-refractivity contribution in [2.45, 2.75) is 18.4 Å². The number of aromatic nitrogens is 1. The number of benzene rings is 2. The minimum Gasteiger partial charge on any atom is -0.480 e. The van der Waals surface area contributed by atoms with Gasteiger partial charge in [0.25, 0.3) is 5.91 Å². The summed E-state index contributed by atoms with van der Waals surface area (Å²) < 4.78 is 5.48. The Hall–Kier alpha value is -4.24. The minimum atomic E-state index is -1.27. The number of amides is 2. The Labute approximate surface area is 195 Å². The zero-order valence-electron chi connectivity index (χ0n) is 18.1. The number of anilines is 1. The smallest absolute Gasteiger partial charge is 0.412 e. The molecule has 2 amide bonds.